The van der Waals surface area contributed by atoms with Crippen LogP contribution in [0.3, 0.4) is 0 Å². The molecule has 0 spiro atoms. The van der Waals surface area contributed by atoms with Gasteiger partial charge in [-0.1, -0.05) is 25.3 Å². The van der Waals surface area contributed by atoms with Crippen molar-refractivity contribution in [1.82, 2.24) is 4.98 Å². The molecule has 0 saturated heterocycles. The van der Waals surface area contributed by atoms with Crippen LogP contribution in [0.25, 0.3) is 0 Å². The Morgan fingerprint density at radius 1 is 1.35 bits per heavy atom. The van der Waals surface area contributed by atoms with Crippen LogP contribution < -0.4 is 5.73 Å². The molecule has 1 aromatic heterocycles. The number of aromatic nitrogens is 1. The summed E-state index contributed by atoms with van der Waals surface area (Å²) < 4.78 is 6.10. The van der Waals surface area contributed by atoms with Crippen molar-refractivity contribution in [2.45, 2.75) is 51.2 Å². The maximum Gasteiger partial charge on any atom is 0.0898 e. The molecular formula is C14H22N2O. The van der Waals surface area contributed by atoms with Gasteiger partial charge in [-0.25, -0.2) is 0 Å². The minimum Gasteiger partial charge on any atom is -0.367 e. The van der Waals surface area contributed by atoms with Crippen LogP contribution in [0, 0.1) is 6.92 Å². The Morgan fingerprint density at radius 2 is 2.12 bits per heavy atom. The first-order chi connectivity index (χ1) is 8.26. The highest BCUT2D eigenvalue weighted by molar-refractivity contribution is 5.16. The van der Waals surface area contributed by atoms with Crippen LogP contribution in [0.1, 0.15) is 43.4 Å². The minimum atomic E-state index is -0.0950. The maximum atomic E-state index is 6.10. The van der Waals surface area contributed by atoms with Crippen molar-refractivity contribution in [1.29, 1.82) is 0 Å². The topological polar surface area (TPSA) is 48.1 Å². The molecule has 1 aliphatic carbocycles. The summed E-state index contributed by atoms with van der Waals surface area (Å²) in [6, 6.07) is 4.03. The number of aryl methyl sites for hydroxylation is 1. The van der Waals surface area contributed by atoms with Gasteiger partial charge in [-0.15, -0.1) is 0 Å². The molecule has 1 saturated carbocycles. The second kappa shape index (κ2) is 5.61. The van der Waals surface area contributed by atoms with Crippen molar-refractivity contribution >= 4 is 0 Å². The first kappa shape index (κ1) is 12.5. The molecule has 1 aromatic rings. The van der Waals surface area contributed by atoms with E-state index in [9.17, 15) is 0 Å². The van der Waals surface area contributed by atoms with Gasteiger partial charge in [0.05, 0.1) is 17.9 Å². The number of pyridine rings is 1. The SMILES string of the molecule is Cc1cccnc1COC1(CN)CCCCC1. The van der Waals surface area contributed by atoms with Crippen molar-refractivity contribution in [3.8, 4) is 0 Å². The molecule has 0 aliphatic heterocycles. The maximum absolute atomic E-state index is 6.10. The number of nitrogens with two attached hydrogens (primary N) is 1. The quantitative estimate of drug-likeness (QED) is 0.871. The summed E-state index contributed by atoms with van der Waals surface area (Å²) in [5.74, 6) is 0. The molecule has 3 heteroatoms. The Morgan fingerprint density at radius 3 is 2.76 bits per heavy atom. The summed E-state index contributed by atoms with van der Waals surface area (Å²) in [5, 5.41) is 0. The Kier molecular flexibility index (Phi) is 4.13. The van der Waals surface area contributed by atoms with Crippen LogP contribution >= 0.6 is 0 Å². The number of nitrogens with zero attached hydrogens (tertiary/aromatic N) is 1. The van der Waals surface area contributed by atoms with E-state index in [0.717, 1.165) is 18.5 Å². The molecule has 1 aliphatic rings. The zero-order chi connectivity index (χ0) is 12.1. The molecule has 1 heterocycles. The summed E-state index contributed by atoms with van der Waals surface area (Å²) in [4.78, 5) is 4.36. The van der Waals surface area contributed by atoms with Crippen molar-refractivity contribution in [2.75, 3.05) is 6.54 Å². The zero-order valence-corrected chi connectivity index (χ0v) is 10.6. The third-order valence-corrected chi connectivity index (χ3v) is 3.77. The van der Waals surface area contributed by atoms with Gasteiger partial charge in [-0.2, -0.15) is 0 Å². The first-order valence-electron chi connectivity index (χ1n) is 6.50. The molecule has 0 amide bonds. The van der Waals surface area contributed by atoms with Crippen LogP contribution in [0.5, 0.6) is 0 Å². The lowest BCUT2D eigenvalue weighted by Crippen LogP contribution is -2.42. The Balaban J connectivity index is 1.98. The van der Waals surface area contributed by atoms with E-state index in [-0.39, 0.29) is 5.60 Å². The van der Waals surface area contributed by atoms with Gasteiger partial charge in [0.2, 0.25) is 0 Å². The summed E-state index contributed by atoms with van der Waals surface area (Å²) in [6.07, 6.45) is 7.79. The van der Waals surface area contributed by atoms with Gasteiger partial charge in [-0.05, 0) is 31.4 Å². The Hall–Kier alpha value is -0.930. The second-order valence-electron chi connectivity index (χ2n) is 5.00. The third-order valence-electron chi connectivity index (χ3n) is 3.77. The average molecular weight is 234 g/mol. The van der Waals surface area contributed by atoms with Crippen molar-refractivity contribution in [3.63, 3.8) is 0 Å². The van der Waals surface area contributed by atoms with Gasteiger partial charge in [0.1, 0.15) is 0 Å². The molecule has 3 nitrogen and oxygen atoms in total. The molecule has 0 unspecified atom stereocenters. The number of hydrogen-bond acceptors (Lipinski definition) is 3. The van der Waals surface area contributed by atoms with Gasteiger partial charge >= 0.3 is 0 Å². The smallest absolute Gasteiger partial charge is 0.0898 e. The highest BCUT2D eigenvalue weighted by atomic mass is 16.5. The molecule has 2 rings (SSSR count). The van der Waals surface area contributed by atoms with E-state index in [4.69, 9.17) is 10.5 Å². The highest BCUT2D eigenvalue weighted by Gasteiger charge is 2.31. The van der Waals surface area contributed by atoms with Gasteiger partial charge in [0.15, 0.2) is 0 Å². The standard InChI is InChI=1S/C14H22N2O/c1-12-6-5-9-16-13(12)10-17-14(11-15)7-3-2-4-8-14/h5-6,9H,2-4,7-8,10-11,15H2,1H3. The lowest BCUT2D eigenvalue weighted by atomic mass is 9.84. The highest BCUT2D eigenvalue weighted by Crippen LogP contribution is 2.31. The molecule has 1 fully saturated rings. The lowest BCUT2D eigenvalue weighted by molar-refractivity contribution is -0.0746. The van der Waals surface area contributed by atoms with Crippen LogP contribution in [-0.2, 0) is 11.3 Å². The van der Waals surface area contributed by atoms with E-state index in [1.807, 2.05) is 12.3 Å². The molecule has 0 aromatic carbocycles. The van der Waals surface area contributed by atoms with Crippen LogP contribution in [0.4, 0.5) is 0 Å². The van der Waals surface area contributed by atoms with E-state index in [1.54, 1.807) is 0 Å². The number of ether oxygens (including phenoxy) is 1. The predicted molar refractivity (Wildman–Crippen MR) is 68.6 cm³/mol. The average Bonchev–Trinajstić information content (AvgIpc) is 2.39. The molecule has 0 radical (unpaired) electrons. The summed E-state index contributed by atoms with van der Waals surface area (Å²) in [7, 11) is 0. The minimum absolute atomic E-state index is 0.0950. The summed E-state index contributed by atoms with van der Waals surface area (Å²) in [6.45, 7) is 3.28. The molecule has 0 atom stereocenters. The van der Waals surface area contributed by atoms with E-state index in [1.165, 1.54) is 24.8 Å². The lowest BCUT2D eigenvalue weighted by Gasteiger charge is -2.36. The van der Waals surface area contributed by atoms with E-state index < -0.39 is 0 Å². The van der Waals surface area contributed by atoms with Crippen molar-refractivity contribution < 1.29 is 4.74 Å². The van der Waals surface area contributed by atoms with Gasteiger partial charge < -0.3 is 10.5 Å². The summed E-state index contributed by atoms with van der Waals surface area (Å²) >= 11 is 0. The van der Waals surface area contributed by atoms with Crippen molar-refractivity contribution in [3.05, 3.63) is 29.6 Å². The normalized spacial score (nSPS) is 19.2. The van der Waals surface area contributed by atoms with E-state index in [2.05, 4.69) is 18.0 Å². The third kappa shape index (κ3) is 3.05. The fourth-order valence-corrected chi connectivity index (χ4v) is 2.49. The van der Waals surface area contributed by atoms with Crippen LogP contribution in [0.15, 0.2) is 18.3 Å². The predicted octanol–water partition coefficient (Wildman–Crippen LogP) is 2.57. The summed E-state index contributed by atoms with van der Waals surface area (Å²) in [5.41, 5.74) is 8.02. The van der Waals surface area contributed by atoms with Crippen molar-refractivity contribution in [2.24, 2.45) is 5.73 Å². The molecule has 17 heavy (non-hydrogen) atoms. The molecule has 2 N–H and O–H groups in total. The fourth-order valence-electron chi connectivity index (χ4n) is 2.49. The fraction of sp³-hybridized carbons (Fsp3) is 0.643. The Labute approximate surface area is 103 Å². The molecular weight excluding hydrogens is 212 g/mol. The zero-order valence-electron chi connectivity index (χ0n) is 10.6. The molecule has 94 valence electrons. The Bertz CT molecular complexity index is 359. The van der Waals surface area contributed by atoms with Gasteiger partial charge in [0.25, 0.3) is 0 Å². The van der Waals surface area contributed by atoms with Crippen LogP contribution in [-0.4, -0.2) is 17.1 Å². The van der Waals surface area contributed by atoms with Gasteiger partial charge in [-0.3, -0.25) is 4.98 Å². The van der Waals surface area contributed by atoms with Gasteiger partial charge in [0, 0.05) is 12.7 Å². The van der Waals surface area contributed by atoms with E-state index in [0.29, 0.717) is 13.2 Å². The number of rotatable bonds is 4. The number of hydrogen-bond donors (Lipinski definition) is 1. The van der Waals surface area contributed by atoms with E-state index >= 15 is 0 Å². The molecule has 0 bridgehead atoms. The monoisotopic (exact) mass is 234 g/mol. The van der Waals surface area contributed by atoms with Crippen LogP contribution in [0.2, 0.25) is 0 Å². The first-order valence-corrected chi connectivity index (χ1v) is 6.50. The largest absolute Gasteiger partial charge is 0.367 e. The second-order valence-corrected chi connectivity index (χ2v) is 5.00.